The maximum Gasteiger partial charge on any atom is 0.235 e. The quantitative estimate of drug-likeness (QED) is 0.823. The number of sulfonamides is 1. The summed E-state index contributed by atoms with van der Waals surface area (Å²) in [7, 11) is -3.48. The van der Waals surface area contributed by atoms with Crippen LogP contribution in [-0.4, -0.2) is 47.0 Å². The van der Waals surface area contributed by atoms with Crippen LogP contribution in [0.25, 0.3) is 0 Å². The van der Waals surface area contributed by atoms with Crippen molar-refractivity contribution >= 4 is 21.4 Å². The van der Waals surface area contributed by atoms with Gasteiger partial charge in [0, 0.05) is 31.7 Å². The normalized spacial score (nSPS) is 21.6. The Hall–Kier alpha value is -1.34. The van der Waals surface area contributed by atoms with Gasteiger partial charge in [-0.3, -0.25) is 4.31 Å². The Bertz CT molecular complexity index is 659. The van der Waals surface area contributed by atoms with Crippen molar-refractivity contribution in [1.82, 2.24) is 0 Å². The van der Waals surface area contributed by atoms with Gasteiger partial charge >= 0.3 is 0 Å². The third-order valence-corrected chi connectivity index (χ3v) is 6.36. The van der Waals surface area contributed by atoms with Gasteiger partial charge in [0.05, 0.1) is 30.3 Å². The Morgan fingerprint density at radius 3 is 2.83 bits per heavy atom. The highest BCUT2D eigenvalue weighted by Crippen LogP contribution is 2.36. The molecular weight excluding hydrogens is 319 g/mol. The lowest BCUT2D eigenvalue weighted by Crippen LogP contribution is -2.46. The zero-order valence-electron chi connectivity index (χ0n) is 13.4. The van der Waals surface area contributed by atoms with Gasteiger partial charge in [-0.1, -0.05) is 6.92 Å². The predicted octanol–water partition coefficient (Wildman–Crippen LogP) is 2.23. The summed E-state index contributed by atoms with van der Waals surface area (Å²) in [5.41, 5.74) is 1.26. The number of benzene rings is 1. The van der Waals surface area contributed by atoms with E-state index in [1.54, 1.807) is 6.07 Å². The first-order valence-corrected chi connectivity index (χ1v) is 9.75. The number of ether oxygens (including phenoxy) is 1. The maximum absolute atomic E-state index is 13.7. The van der Waals surface area contributed by atoms with Crippen LogP contribution in [0.4, 0.5) is 15.8 Å². The fraction of sp³-hybridized carbons (Fsp3) is 0.625. The molecule has 0 N–H and O–H groups in total. The molecule has 0 bridgehead atoms. The van der Waals surface area contributed by atoms with E-state index in [9.17, 15) is 12.8 Å². The molecule has 5 nitrogen and oxygen atoms in total. The minimum Gasteiger partial charge on any atom is -0.381 e. The van der Waals surface area contributed by atoms with Crippen molar-refractivity contribution in [2.75, 3.05) is 47.8 Å². The van der Waals surface area contributed by atoms with Crippen LogP contribution >= 0.6 is 0 Å². The first-order chi connectivity index (χ1) is 11.0. The van der Waals surface area contributed by atoms with Gasteiger partial charge in [-0.15, -0.1) is 0 Å². The second-order valence-corrected chi connectivity index (χ2v) is 8.14. The van der Waals surface area contributed by atoms with E-state index < -0.39 is 15.8 Å². The average Bonchev–Trinajstić information content (AvgIpc) is 2.99. The van der Waals surface area contributed by atoms with Crippen molar-refractivity contribution < 1.29 is 17.5 Å². The molecule has 1 aromatic rings. The number of rotatable bonds is 5. The van der Waals surface area contributed by atoms with Gasteiger partial charge in [0.15, 0.2) is 0 Å². The average molecular weight is 342 g/mol. The highest BCUT2D eigenvalue weighted by molar-refractivity contribution is 7.92. The Labute approximate surface area is 137 Å². The van der Waals surface area contributed by atoms with E-state index in [-0.39, 0.29) is 11.7 Å². The number of nitrogens with zero attached hydrogens (tertiary/aromatic N) is 2. The van der Waals surface area contributed by atoms with Crippen LogP contribution < -0.4 is 9.21 Å². The second kappa shape index (κ2) is 6.65. The van der Waals surface area contributed by atoms with E-state index in [1.807, 2.05) is 0 Å². The molecule has 0 saturated carbocycles. The molecule has 0 aliphatic carbocycles. The van der Waals surface area contributed by atoms with Crippen molar-refractivity contribution in [3.05, 3.63) is 24.0 Å². The van der Waals surface area contributed by atoms with Gasteiger partial charge < -0.3 is 9.64 Å². The molecule has 7 heteroatoms. The molecule has 2 aliphatic heterocycles. The first kappa shape index (κ1) is 16.5. The molecule has 1 saturated heterocycles. The third-order valence-electron chi connectivity index (χ3n) is 4.42. The third kappa shape index (κ3) is 3.45. The van der Waals surface area contributed by atoms with Crippen molar-refractivity contribution in [2.24, 2.45) is 5.92 Å². The summed E-state index contributed by atoms with van der Waals surface area (Å²) in [5.74, 6) is -0.311. The highest BCUT2D eigenvalue weighted by atomic mass is 32.2. The van der Waals surface area contributed by atoms with Gasteiger partial charge in [0.25, 0.3) is 0 Å². The van der Waals surface area contributed by atoms with Gasteiger partial charge in [-0.2, -0.15) is 0 Å². The SMILES string of the molecule is CCCN1CCN(S(=O)(=O)CC2CCOC2)c2cc(F)ccc21. The molecular formula is C16H23FN2O3S. The zero-order valence-corrected chi connectivity index (χ0v) is 14.2. The predicted molar refractivity (Wildman–Crippen MR) is 89.0 cm³/mol. The van der Waals surface area contributed by atoms with Gasteiger partial charge in [-0.05, 0) is 25.0 Å². The lowest BCUT2D eigenvalue weighted by atomic mass is 10.2. The molecule has 2 aliphatic rings. The Balaban J connectivity index is 1.90. The van der Waals surface area contributed by atoms with Crippen molar-refractivity contribution in [1.29, 1.82) is 0 Å². The van der Waals surface area contributed by atoms with E-state index in [0.29, 0.717) is 32.0 Å². The van der Waals surface area contributed by atoms with Crippen molar-refractivity contribution in [3.63, 3.8) is 0 Å². The van der Waals surface area contributed by atoms with Crippen LogP contribution in [-0.2, 0) is 14.8 Å². The Morgan fingerprint density at radius 2 is 2.13 bits per heavy atom. The Kier molecular flexibility index (Phi) is 4.77. The lowest BCUT2D eigenvalue weighted by Gasteiger charge is -2.38. The summed E-state index contributed by atoms with van der Waals surface area (Å²) in [4.78, 5) is 2.12. The van der Waals surface area contributed by atoms with E-state index in [0.717, 1.165) is 25.1 Å². The monoisotopic (exact) mass is 342 g/mol. The number of halogens is 1. The molecule has 1 unspecified atom stereocenters. The summed E-state index contributed by atoms with van der Waals surface area (Å²) in [6, 6.07) is 4.41. The number of hydrogen-bond donors (Lipinski definition) is 0. The van der Waals surface area contributed by atoms with Gasteiger partial charge in [-0.25, -0.2) is 12.8 Å². The standard InChI is InChI=1S/C16H23FN2O3S/c1-2-6-18-7-8-19(16-10-14(17)3-4-15(16)18)23(20,21)12-13-5-9-22-11-13/h3-4,10,13H,2,5-9,11-12H2,1H3. The summed E-state index contributed by atoms with van der Waals surface area (Å²) in [5, 5.41) is 0. The molecule has 0 spiro atoms. The molecule has 1 fully saturated rings. The van der Waals surface area contributed by atoms with Crippen LogP contribution in [0.2, 0.25) is 0 Å². The summed E-state index contributed by atoms with van der Waals surface area (Å²) in [6.45, 7) is 5.02. The highest BCUT2D eigenvalue weighted by Gasteiger charge is 2.33. The van der Waals surface area contributed by atoms with E-state index in [1.165, 1.54) is 16.4 Å². The van der Waals surface area contributed by atoms with E-state index >= 15 is 0 Å². The Morgan fingerprint density at radius 1 is 1.30 bits per heavy atom. The van der Waals surface area contributed by atoms with Crippen LogP contribution in [0.5, 0.6) is 0 Å². The minimum atomic E-state index is -3.48. The summed E-state index contributed by atoms with van der Waals surface area (Å²) in [6.07, 6.45) is 1.73. The molecule has 23 heavy (non-hydrogen) atoms. The molecule has 128 valence electrons. The molecule has 0 radical (unpaired) electrons. The fourth-order valence-electron chi connectivity index (χ4n) is 3.31. The number of fused-ring (bicyclic) bond motifs is 1. The van der Waals surface area contributed by atoms with Crippen LogP contribution in [0.3, 0.4) is 0 Å². The van der Waals surface area contributed by atoms with E-state index in [2.05, 4.69) is 11.8 Å². The molecule has 3 rings (SSSR count). The molecule has 1 atom stereocenters. The van der Waals surface area contributed by atoms with Gasteiger partial charge in [0.1, 0.15) is 5.82 Å². The molecule has 0 amide bonds. The maximum atomic E-state index is 13.7. The smallest absolute Gasteiger partial charge is 0.235 e. The minimum absolute atomic E-state index is 0.0330. The van der Waals surface area contributed by atoms with Crippen molar-refractivity contribution in [3.8, 4) is 0 Å². The van der Waals surface area contributed by atoms with Crippen molar-refractivity contribution in [2.45, 2.75) is 19.8 Å². The number of anilines is 2. The van der Waals surface area contributed by atoms with E-state index in [4.69, 9.17) is 4.74 Å². The van der Waals surface area contributed by atoms with Gasteiger partial charge in [0.2, 0.25) is 10.0 Å². The number of hydrogen-bond acceptors (Lipinski definition) is 4. The van der Waals surface area contributed by atoms with Crippen LogP contribution in [0, 0.1) is 11.7 Å². The largest absolute Gasteiger partial charge is 0.381 e. The fourth-order valence-corrected chi connectivity index (χ4v) is 5.15. The summed E-state index contributed by atoms with van der Waals surface area (Å²) >= 11 is 0. The summed E-state index contributed by atoms with van der Waals surface area (Å²) < 4.78 is 46.0. The topological polar surface area (TPSA) is 49.9 Å². The van der Waals surface area contributed by atoms with Crippen LogP contribution in [0.15, 0.2) is 18.2 Å². The molecule has 1 aromatic carbocycles. The lowest BCUT2D eigenvalue weighted by molar-refractivity contribution is 0.188. The molecule has 2 heterocycles. The zero-order chi connectivity index (χ0) is 16.4. The first-order valence-electron chi connectivity index (χ1n) is 8.14. The molecule has 0 aromatic heterocycles. The van der Waals surface area contributed by atoms with Crippen LogP contribution in [0.1, 0.15) is 19.8 Å². The second-order valence-electron chi connectivity index (χ2n) is 6.20.